The van der Waals surface area contributed by atoms with Crippen LogP contribution in [0.25, 0.3) is 28.0 Å². The summed E-state index contributed by atoms with van der Waals surface area (Å²) < 4.78 is 14.2. The molecule has 2 aliphatic carbocycles. The Morgan fingerprint density at radius 2 is 1.54 bits per heavy atom. The zero-order valence-electron chi connectivity index (χ0n) is 37.6. The zero-order valence-corrected chi connectivity index (χ0v) is 37.6. The predicted octanol–water partition coefficient (Wildman–Crippen LogP) is 11.9. The molecule has 3 aliphatic heterocycles. The van der Waals surface area contributed by atoms with Gasteiger partial charge in [0, 0.05) is 78.9 Å². The number of hydrogen-bond donors (Lipinski definition) is 0. The van der Waals surface area contributed by atoms with E-state index in [4.69, 9.17) is 9.47 Å². The minimum atomic E-state index is -0.877. The molecule has 2 saturated heterocycles. The maximum atomic E-state index is 12.3. The molecule has 4 atom stereocenters. The Labute approximate surface area is 363 Å². The van der Waals surface area contributed by atoms with Crippen LogP contribution < -0.4 is 19.3 Å². The summed E-state index contributed by atoms with van der Waals surface area (Å²) >= 11 is 0. The molecule has 1 amide bonds. The molecule has 0 aromatic heterocycles. The first-order chi connectivity index (χ1) is 29.3. The third-order valence-corrected chi connectivity index (χ3v) is 15.3. The molecule has 3 heterocycles. The van der Waals surface area contributed by atoms with Crippen molar-refractivity contribution in [3.63, 3.8) is 0 Å². The van der Waals surface area contributed by atoms with Gasteiger partial charge in [-0.15, -0.1) is 0 Å². The van der Waals surface area contributed by atoms with E-state index in [1.165, 1.54) is 71.0 Å². The predicted molar refractivity (Wildman–Crippen MR) is 251 cm³/mol. The maximum Gasteiger partial charge on any atom is 0.219 e. The second-order valence-electron chi connectivity index (χ2n) is 20.3. The van der Waals surface area contributed by atoms with Gasteiger partial charge in [0.1, 0.15) is 11.5 Å². The van der Waals surface area contributed by atoms with Crippen molar-refractivity contribution in [1.29, 1.82) is 0 Å². The molecule has 0 spiro atoms. The fraction of sp³-hybridized carbons (Fsp3) is 0.436. The minimum absolute atomic E-state index is 0.0299. The topological polar surface area (TPSA) is 45.2 Å². The van der Waals surface area contributed by atoms with Gasteiger partial charge in [0.25, 0.3) is 0 Å². The molecule has 10 rings (SSSR count). The van der Waals surface area contributed by atoms with Crippen LogP contribution in [0.15, 0.2) is 91.0 Å². The van der Waals surface area contributed by atoms with Gasteiger partial charge in [-0.2, -0.15) is 0 Å². The van der Waals surface area contributed by atoms with Gasteiger partial charge in [-0.3, -0.25) is 4.79 Å². The van der Waals surface area contributed by atoms with Crippen molar-refractivity contribution in [1.82, 2.24) is 4.90 Å². The number of fused-ring (bicyclic) bond motifs is 9. The molecule has 6 heteroatoms. The van der Waals surface area contributed by atoms with Gasteiger partial charge >= 0.3 is 0 Å². The summed E-state index contributed by atoms with van der Waals surface area (Å²) in [4.78, 5) is 19.3. The number of carbonyl (C=O) groups excluding carboxylic acids is 1. The van der Waals surface area contributed by atoms with Gasteiger partial charge in [-0.25, -0.2) is 0 Å². The van der Waals surface area contributed by atoms with E-state index < -0.39 is 5.60 Å². The number of ether oxygens (including phenoxy) is 2. The van der Waals surface area contributed by atoms with Gasteiger partial charge < -0.3 is 24.2 Å². The van der Waals surface area contributed by atoms with Crippen molar-refractivity contribution >= 4 is 34.1 Å². The standard InChI is InChI=1S/C55H63N3O3/c1-35-33-56(28-29-58(35)36(2)59)42-21-18-40(19-22-42)55(39-16-10-9-11-17-39)26-24-44-51-50(43-23-20-41(53(3,4)5)30-47(43)54(51,6)7)45-31-48(49(60-8)32-46(45)52(44)61-55)57-27-25-37-14-12-13-15-38(37)34-57/h9-11,16-24,26,30-32,35,37-38H,12-15,25,27-29,33-34H2,1-8H3. The SMILES string of the molecule is COc1cc2c3c(c4c(c2cc1N1CCC2CCCCC2C1)-c1ccc(C(C)(C)C)cc1C4(C)C)C=CC(c1ccccc1)(c1ccc(N2CCN(C(C)=O)C(C)C2)cc1)O3. The second-order valence-corrected chi connectivity index (χ2v) is 20.3. The Bertz CT molecular complexity index is 2550. The van der Waals surface area contributed by atoms with Crippen LogP contribution in [0.1, 0.15) is 114 Å². The van der Waals surface area contributed by atoms with Gasteiger partial charge in [-0.05, 0) is 101 Å². The fourth-order valence-electron chi connectivity index (χ4n) is 11.9. The average Bonchev–Trinajstić information content (AvgIpc) is 3.51. The monoisotopic (exact) mass is 813 g/mol. The number of methoxy groups -OCH3 is 1. The first kappa shape index (κ1) is 39.9. The number of piperazine rings is 1. The third-order valence-electron chi connectivity index (χ3n) is 15.3. The zero-order chi connectivity index (χ0) is 42.4. The van der Waals surface area contributed by atoms with Crippen LogP contribution in [0.4, 0.5) is 11.4 Å². The maximum absolute atomic E-state index is 12.3. The highest BCUT2D eigenvalue weighted by atomic mass is 16.5. The molecule has 3 fully saturated rings. The van der Waals surface area contributed by atoms with Gasteiger partial charge in [0.05, 0.1) is 12.8 Å². The number of carbonyl (C=O) groups is 1. The highest BCUT2D eigenvalue weighted by molar-refractivity contribution is 6.10. The summed E-state index contributed by atoms with van der Waals surface area (Å²) in [5.74, 6) is 3.56. The van der Waals surface area contributed by atoms with E-state index >= 15 is 0 Å². The van der Waals surface area contributed by atoms with Crippen molar-refractivity contribution in [3.8, 4) is 22.6 Å². The van der Waals surface area contributed by atoms with Crippen molar-refractivity contribution < 1.29 is 14.3 Å². The van der Waals surface area contributed by atoms with Crippen LogP contribution >= 0.6 is 0 Å². The van der Waals surface area contributed by atoms with E-state index in [-0.39, 0.29) is 22.8 Å². The number of anilines is 2. The van der Waals surface area contributed by atoms with Crippen LogP contribution in [0.5, 0.6) is 11.5 Å². The Morgan fingerprint density at radius 1 is 0.803 bits per heavy atom. The average molecular weight is 814 g/mol. The molecular formula is C55H63N3O3. The Kier molecular flexibility index (Phi) is 9.61. The Morgan fingerprint density at radius 3 is 2.25 bits per heavy atom. The molecule has 6 nitrogen and oxygen atoms in total. The van der Waals surface area contributed by atoms with Crippen molar-refractivity contribution in [3.05, 3.63) is 124 Å². The molecule has 5 aromatic carbocycles. The second kappa shape index (κ2) is 14.7. The lowest BCUT2D eigenvalue weighted by molar-refractivity contribution is -0.131. The molecule has 316 valence electrons. The van der Waals surface area contributed by atoms with Crippen LogP contribution in [0, 0.1) is 11.8 Å². The number of amides is 1. The van der Waals surface area contributed by atoms with Gasteiger partial charge in [0.15, 0.2) is 5.60 Å². The van der Waals surface area contributed by atoms with E-state index in [0.717, 1.165) is 83.8 Å². The van der Waals surface area contributed by atoms with Gasteiger partial charge in [0.2, 0.25) is 5.91 Å². The lowest BCUT2D eigenvalue weighted by Crippen LogP contribution is -2.53. The van der Waals surface area contributed by atoms with Crippen molar-refractivity contribution in [2.75, 3.05) is 49.6 Å². The fourth-order valence-corrected chi connectivity index (χ4v) is 11.9. The summed E-state index contributed by atoms with van der Waals surface area (Å²) in [5.41, 5.74) is 11.3. The lowest BCUT2D eigenvalue weighted by atomic mass is 9.75. The van der Waals surface area contributed by atoms with Crippen LogP contribution in [0.2, 0.25) is 0 Å². The molecule has 1 saturated carbocycles. The first-order valence-corrected chi connectivity index (χ1v) is 23.0. The van der Waals surface area contributed by atoms with E-state index in [2.05, 4.69) is 148 Å². The Balaban J connectivity index is 1.15. The van der Waals surface area contributed by atoms with Crippen molar-refractivity contribution in [2.45, 2.75) is 103 Å². The molecule has 5 aliphatic rings. The normalized spacial score (nSPS) is 24.1. The highest BCUT2D eigenvalue weighted by Crippen LogP contribution is 2.60. The van der Waals surface area contributed by atoms with E-state index in [9.17, 15) is 4.79 Å². The number of hydrogen-bond acceptors (Lipinski definition) is 5. The van der Waals surface area contributed by atoms with Gasteiger partial charge in [-0.1, -0.05) is 121 Å². The van der Waals surface area contributed by atoms with E-state index in [1.807, 2.05) is 12.0 Å². The molecule has 0 N–H and O–H groups in total. The van der Waals surface area contributed by atoms with E-state index in [0.29, 0.717) is 0 Å². The number of rotatable bonds is 5. The molecule has 5 aromatic rings. The first-order valence-electron chi connectivity index (χ1n) is 23.0. The smallest absolute Gasteiger partial charge is 0.219 e. The molecule has 0 bridgehead atoms. The number of nitrogens with zero attached hydrogens (tertiary/aromatic N) is 3. The summed E-state index contributed by atoms with van der Waals surface area (Å²) in [5, 5.41) is 2.32. The molecule has 4 unspecified atom stereocenters. The summed E-state index contributed by atoms with van der Waals surface area (Å²) in [6.07, 6.45) is 11.4. The number of piperidine rings is 1. The molecule has 61 heavy (non-hydrogen) atoms. The quantitative estimate of drug-likeness (QED) is 0.177. The summed E-state index contributed by atoms with van der Waals surface area (Å²) in [6, 6.07) is 31.8. The van der Waals surface area contributed by atoms with Crippen molar-refractivity contribution in [2.24, 2.45) is 11.8 Å². The van der Waals surface area contributed by atoms with Crippen LogP contribution in [-0.2, 0) is 21.2 Å². The molecule has 0 radical (unpaired) electrons. The summed E-state index contributed by atoms with van der Waals surface area (Å²) in [6.45, 7) is 20.1. The minimum Gasteiger partial charge on any atom is -0.495 e. The number of benzene rings is 5. The largest absolute Gasteiger partial charge is 0.495 e. The lowest BCUT2D eigenvalue weighted by Gasteiger charge is -2.43. The van der Waals surface area contributed by atoms with E-state index in [1.54, 1.807) is 6.92 Å². The Hall–Kier alpha value is -5.23. The van der Waals surface area contributed by atoms with Crippen LogP contribution in [0.3, 0.4) is 0 Å². The highest BCUT2D eigenvalue weighted by Gasteiger charge is 2.45. The third kappa shape index (κ3) is 6.45. The van der Waals surface area contributed by atoms with Crippen LogP contribution in [-0.4, -0.2) is 56.7 Å². The molecular weight excluding hydrogens is 751 g/mol. The summed E-state index contributed by atoms with van der Waals surface area (Å²) in [7, 11) is 1.83.